The van der Waals surface area contributed by atoms with Gasteiger partial charge in [-0.3, -0.25) is 9.59 Å². The molecule has 0 bridgehead atoms. The van der Waals surface area contributed by atoms with Crippen LogP contribution in [0.3, 0.4) is 0 Å². The predicted molar refractivity (Wildman–Crippen MR) is 156 cm³/mol. The fourth-order valence-corrected chi connectivity index (χ4v) is 5.70. The van der Waals surface area contributed by atoms with Gasteiger partial charge in [0.1, 0.15) is 16.8 Å². The number of pyridine rings is 1. The molecular formula is C32H34FN3O4. The molecule has 0 aliphatic carbocycles. The van der Waals surface area contributed by atoms with E-state index in [1.807, 2.05) is 41.0 Å². The number of hydrogen-bond acceptors (Lipinski definition) is 5. The van der Waals surface area contributed by atoms with Crippen molar-refractivity contribution in [2.45, 2.75) is 39.5 Å². The first-order valence-corrected chi connectivity index (χ1v) is 14.2. The second-order valence-corrected chi connectivity index (χ2v) is 10.8. The smallest absolute Gasteiger partial charge is 0.259 e. The van der Waals surface area contributed by atoms with Gasteiger partial charge >= 0.3 is 0 Å². The summed E-state index contributed by atoms with van der Waals surface area (Å²) in [6, 6.07) is 13.0. The normalized spacial score (nSPS) is 15.1. The molecule has 1 saturated heterocycles. The summed E-state index contributed by atoms with van der Waals surface area (Å²) in [5.41, 5.74) is 0.878. The number of unbranched alkanes of at least 4 members (excludes halogenated alkanes) is 1. The van der Waals surface area contributed by atoms with Crippen molar-refractivity contribution in [3.63, 3.8) is 0 Å². The van der Waals surface area contributed by atoms with Gasteiger partial charge in [0.25, 0.3) is 5.91 Å². The van der Waals surface area contributed by atoms with Crippen molar-refractivity contribution in [2.24, 2.45) is 5.92 Å². The summed E-state index contributed by atoms with van der Waals surface area (Å²) in [5, 5.41) is 5.35. The highest BCUT2D eigenvalue weighted by atomic mass is 19.1. The van der Waals surface area contributed by atoms with Crippen molar-refractivity contribution in [2.75, 3.05) is 38.2 Å². The summed E-state index contributed by atoms with van der Waals surface area (Å²) in [7, 11) is 0. The molecule has 1 N–H and O–H groups in total. The molecular weight excluding hydrogens is 509 g/mol. The van der Waals surface area contributed by atoms with Crippen LogP contribution in [0.5, 0.6) is 11.5 Å². The van der Waals surface area contributed by atoms with Crippen LogP contribution in [-0.2, 0) is 4.74 Å². The Morgan fingerprint density at radius 3 is 2.60 bits per heavy atom. The number of carbonyl (C=O) groups is 1. The molecule has 1 unspecified atom stereocenters. The Bertz CT molecular complexity index is 1660. The van der Waals surface area contributed by atoms with Crippen LogP contribution in [0, 0.1) is 11.7 Å². The molecule has 2 aliphatic rings. The number of nitrogens with one attached hydrogen (secondary N) is 1. The number of benzene rings is 3. The first kappa shape index (κ1) is 26.3. The molecule has 3 aromatic carbocycles. The van der Waals surface area contributed by atoms with Crippen LogP contribution in [0.4, 0.5) is 10.1 Å². The molecule has 8 heteroatoms. The third kappa shape index (κ3) is 4.70. The van der Waals surface area contributed by atoms with Crippen LogP contribution in [0.1, 0.15) is 49.9 Å². The summed E-state index contributed by atoms with van der Waals surface area (Å²) in [6.45, 7) is 6.60. The summed E-state index contributed by atoms with van der Waals surface area (Å²) in [6.07, 6.45) is 5.93. The largest absolute Gasteiger partial charge is 0.451 e. The summed E-state index contributed by atoms with van der Waals surface area (Å²) in [4.78, 5) is 28.8. The van der Waals surface area contributed by atoms with Crippen LogP contribution in [0.2, 0.25) is 0 Å². The van der Waals surface area contributed by atoms with Gasteiger partial charge in [-0.2, -0.15) is 0 Å². The van der Waals surface area contributed by atoms with Gasteiger partial charge in [-0.25, -0.2) is 4.39 Å². The minimum Gasteiger partial charge on any atom is -0.451 e. The molecule has 0 spiro atoms. The van der Waals surface area contributed by atoms with Crippen molar-refractivity contribution in [3.8, 4) is 17.2 Å². The van der Waals surface area contributed by atoms with E-state index < -0.39 is 11.2 Å². The standard InChI is InChI=1S/C32H34FN3O4/c1-3-4-7-20(2)10-11-34-28-25(33)18-23-29-31(28)40-27-17-22-9-6-5-8-21(22)16-26(27)36(29)19-24(30(23)37)32(38)35-12-14-39-15-13-35/h5-6,8-9,16-20,34H,3-4,7,10-15H2,1-2H3. The molecule has 1 aromatic heterocycles. The van der Waals surface area contributed by atoms with E-state index in [9.17, 15) is 9.59 Å². The number of fused-ring (bicyclic) bond motifs is 3. The van der Waals surface area contributed by atoms with Crippen molar-refractivity contribution in [1.82, 2.24) is 9.47 Å². The molecule has 3 heterocycles. The second-order valence-electron chi connectivity index (χ2n) is 10.8. The monoisotopic (exact) mass is 543 g/mol. The highest BCUT2D eigenvalue weighted by Gasteiger charge is 2.30. The molecule has 1 atom stereocenters. The molecule has 2 aliphatic heterocycles. The van der Waals surface area contributed by atoms with Crippen LogP contribution in [-0.4, -0.2) is 48.2 Å². The molecule has 4 aromatic rings. The van der Waals surface area contributed by atoms with Crippen LogP contribution >= 0.6 is 0 Å². The van der Waals surface area contributed by atoms with Crippen LogP contribution in [0.15, 0.2) is 53.5 Å². The maximum absolute atomic E-state index is 15.7. The molecule has 7 nitrogen and oxygen atoms in total. The maximum Gasteiger partial charge on any atom is 0.259 e. The van der Waals surface area contributed by atoms with Gasteiger partial charge in [0, 0.05) is 25.8 Å². The number of aromatic nitrogens is 1. The topological polar surface area (TPSA) is 72.8 Å². The van der Waals surface area contributed by atoms with E-state index >= 15 is 4.39 Å². The molecule has 0 radical (unpaired) electrons. The number of nitrogens with zero attached hydrogens (tertiary/aromatic N) is 2. The Hall–Kier alpha value is -3.91. The number of morpholine rings is 1. The third-order valence-corrected chi connectivity index (χ3v) is 8.01. The molecule has 40 heavy (non-hydrogen) atoms. The van der Waals surface area contributed by atoms with Crippen LogP contribution < -0.4 is 15.5 Å². The van der Waals surface area contributed by atoms with Gasteiger partial charge in [-0.05, 0) is 41.3 Å². The van der Waals surface area contributed by atoms with Gasteiger partial charge in [0.05, 0.1) is 24.3 Å². The van der Waals surface area contributed by atoms with E-state index in [2.05, 4.69) is 19.2 Å². The van der Waals surface area contributed by atoms with Gasteiger partial charge in [0.2, 0.25) is 5.43 Å². The van der Waals surface area contributed by atoms with E-state index in [1.165, 1.54) is 12.5 Å². The van der Waals surface area contributed by atoms with E-state index in [1.54, 1.807) is 11.1 Å². The maximum atomic E-state index is 15.7. The number of hydrogen-bond donors (Lipinski definition) is 1. The van der Waals surface area contributed by atoms with Crippen molar-refractivity contribution in [1.29, 1.82) is 0 Å². The van der Waals surface area contributed by atoms with Crippen LogP contribution in [0.25, 0.3) is 27.4 Å². The van der Waals surface area contributed by atoms with E-state index in [4.69, 9.17) is 9.47 Å². The van der Waals surface area contributed by atoms with Gasteiger partial charge in [0.15, 0.2) is 17.3 Å². The Morgan fingerprint density at radius 2 is 1.85 bits per heavy atom. The van der Waals surface area contributed by atoms with Gasteiger partial charge < -0.3 is 24.3 Å². The quantitative estimate of drug-likeness (QED) is 0.242. The molecule has 0 saturated carbocycles. The lowest BCUT2D eigenvalue weighted by molar-refractivity contribution is 0.0302. The minimum absolute atomic E-state index is 0.00576. The van der Waals surface area contributed by atoms with E-state index in [0.717, 1.165) is 30.0 Å². The fraction of sp³-hybridized carbons (Fsp3) is 0.375. The van der Waals surface area contributed by atoms with Gasteiger partial charge in [-0.1, -0.05) is 57.4 Å². The highest BCUT2D eigenvalue weighted by molar-refractivity contribution is 6.02. The first-order chi connectivity index (χ1) is 19.5. The number of halogens is 1. The number of amides is 1. The lowest BCUT2D eigenvalue weighted by Crippen LogP contribution is -2.42. The zero-order valence-corrected chi connectivity index (χ0v) is 23.0. The Kier molecular flexibility index (Phi) is 7.19. The minimum atomic E-state index is -0.576. The van der Waals surface area contributed by atoms with Crippen molar-refractivity contribution < 1.29 is 18.7 Å². The first-order valence-electron chi connectivity index (χ1n) is 14.2. The van der Waals surface area contributed by atoms with Crippen molar-refractivity contribution >= 4 is 33.3 Å². The fourth-order valence-electron chi connectivity index (χ4n) is 5.70. The second kappa shape index (κ2) is 10.9. The summed E-state index contributed by atoms with van der Waals surface area (Å²) < 4.78 is 29.3. The molecule has 6 rings (SSSR count). The molecule has 208 valence electrons. The lowest BCUT2D eigenvalue weighted by Gasteiger charge is -2.29. The molecule has 1 amide bonds. The lowest BCUT2D eigenvalue weighted by atomic mass is 10.0. The highest BCUT2D eigenvalue weighted by Crippen LogP contribution is 2.46. The Morgan fingerprint density at radius 1 is 1.10 bits per heavy atom. The SMILES string of the molecule is CCCCC(C)CCNc1c(F)cc2c(=O)c(C(=O)N3CCOCC3)cn3c2c1Oc1cc2ccccc2cc1-3. The number of rotatable bonds is 8. The van der Waals surface area contributed by atoms with E-state index in [-0.39, 0.29) is 28.3 Å². The van der Waals surface area contributed by atoms with Gasteiger partial charge in [-0.15, -0.1) is 0 Å². The molecule has 1 fully saturated rings. The summed E-state index contributed by atoms with van der Waals surface area (Å²) >= 11 is 0. The number of anilines is 1. The predicted octanol–water partition coefficient (Wildman–Crippen LogP) is 6.49. The third-order valence-electron chi connectivity index (χ3n) is 8.01. The number of ether oxygens (including phenoxy) is 2. The zero-order chi connectivity index (χ0) is 27.8. The Balaban J connectivity index is 1.50. The summed E-state index contributed by atoms with van der Waals surface area (Å²) in [5.74, 6) is 0.352. The van der Waals surface area contributed by atoms with E-state index in [0.29, 0.717) is 55.7 Å². The average molecular weight is 544 g/mol. The average Bonchev–Trinajstić information content (AvgIpc) is 2.97. The van der Waals surface area contributed by atoms with Crippen molar-refractivity contribution in [3.05, 3.63) is 70.3 Å². The number of carbonyl (C=O) groups excluding carboxylic acids is 1. The Labute approximate surface area is 232 Å². The zero-order valence-electron chi connectivity index (χ0n) is 23.0.